The first-order valence-electron chi connectivity index (χ1n) is 7.31. The van der Waals surface area contributed by atoms with Gasteiger partial charge in [0.1, 0.15) is 5.75 Å². The number of methoxy groups -OCH3 is 1. The first-order valence-corrected chi connectivity index (χ1v) is 7.31. The fourth-order valence-electron chi connectivity index (χ4n) is 2.07. The Balaban J connectivity index is 1.74. The summed E-state index contributed by atoms with van der Waals surface area (Å²) in [5, 5.41) is 3.27. The van der Waals surface area contributed by atoms with Gasteiger partial charge in [0, 0.05) is 12.2 Å². The van der Waals surface area contributed by atoms with E-state index in [1.54, 1.807) is 12.1 Å². The lowest BCUT2D eigenvalue weighted by Crippen LogP contribution is -2.08. The standard InChI is InChI=1S/C18H21NO3/c1-14-6-3-9-17(12-14)22-11-5-10-19-16-8-4-7-15(13-16)18(20)21-2/h3-4,6-9,12-13,19H,5,10-11H2,1-2H3. The molecule has 0 unspecified atom stereocenters. The Hall–Kier alpha value is -2.49. The van der Waals surface area contributed by atoms with Crippen molar-refractivity contribution in [3.05, 3.63) is 59.7 Å². The molecule has 0 heterocycles. The molecule has 0 spiro atoms. The minimum absolute atomic E-state index is 0.327. The van der Waals surface area contributed by atoms with E-state index in [9.17, 15) is 4.79 Å². The molecule has 2 rings (SSSR count). The number of carbonyl (C=O) groups is 1. The first kappa shape index (κ1) is 15.9. The summed E-state index contributed by atoms with van der Waals surface area (Å²) in [6, 6.07) is 15.3. The topological polar surface area (TPSA) is 47.6 Å². The van der Waals surface area contributed by atoms with Gasteiger partial charge in [-0.3, -0.25) is 0 Å². The second kappa shape index (κ2) is 8.08. The smallest absolute Gasteiger partial charge is 0.337 e. The average Bonchev–Trinajstić information content (AvgIpc) is 2.54. The van der Waals surface area contributed by atoms with Crippen molar-refractivity contribution in [3.63, 3.8) is 0 Å². The molecule has 2 aromatic carbocycles. The normalized spacial score (nSPS) is 10.1. The van der Waals surface area contributed by atoms with Gasteiger partial charge in [-0.25, -0.2) is 4.79 Å². The molecule has 1 N–H and O–H groups in total. The van der Waals surface area contributed by atoms with E-state index in [-0.39, 0.29) is 5.97 Å². The molecule has 0 bridgehead atoms. The van der Waals surface area contributed by atoms with E-state index >= 15 is 0 Å². The van der Waals surface area contributed by atoms with E-state index < -0.39 is 0 Å². The first-order chi connectivity index (χ1) is 10.7. The van der Waals surface area contributed by atoms with Crippen LogP contribution in [-0.4, -0.2) is 26.2 Å². The molecule has 0 amide bonds. The van der Waals surface area contributed by atoms with Gasteiger partial charge in [-0.2, -0.15) is 0 Å². The molecule has 116 valence electrons. The Morgan fingerprint density at radius 2 is 1.95 bits per heavy atom. The van der Waals surface area contributed by atoms with Gasteiger partial charge >= 0.3 is 5.97 Å². The largest absolute Gasteiger partial charge is 0.494 e. The highest BCUT2D eigenvalue weighted by molar-refractivity contribution is 5.90. The molecule has 0 aliphatic carbocycles. The molecule has 0 aliphatic heterocycles. The number of hydrogen-bond donors (Lipinski definition) is 1. The van der Waals surface area contributed by atoms with Gasteiger partial charge in [-0.1, -0.05) is 18.2 Å². The number of hydrogen-bond acceptors (Lipinski definition) is 4. The molecule has 0 aromatic heterocycles. The molecular formula is C18H21NO3. The molecular weight excluding hydrogens is 278 g/mol. The van der Waals surface area contributed by atoms with Crippen LogP contribution in [0, 0.1) is 6.92 Å². The fraction of sp³-hybridized carbons (Fsp3) is 0.278. The summed E-state index contributed by atoms with van der Waals surface area (Å²) in [6.07, 6.45) is 0.871. The maximum atomic E-state index is 11.5. The lowest BCUT2D eigenvalue weighted by molar-refractivity contribution is 0.0601. The van der Waals surface area contributed by atoms with E-state index in [2.05, 4.69) is 5.32 Å². The number of benzene rings is 2. The fourth-order valence-corrected chi connectivity index (χ4v) is 2.07. The van der Waals surface area contributed by atoms with Crippen molar-refractivity contribution in [1.29, 1.82) is 0 Å². The van der Waals surface area contributed by atoms with E-state index in [1.807, 2.05) is 43.3 Å². The highest BCUT2D eigenvalue weighted by atomic mass is 16.5. The van der Waals surface area contributed by atoms with Gasteiger partial charge < -0.3 is 14.8 Å². The van der Waals surface area contributed by atoms with Crippen LogP contribution in [0.2, 0.25) is 0 Å². The van der Waals surface area contributed by atoms with Crippen LogP contribution in [0.1, 0.15) is 22.3 Å². The van der Waals surface area contributed by atoms with Crippen molar-refractivity contribution in [1.82, 2.24) is 0 Å². The summed E-state index contributed by atoms with van der Waals surface area (Å²) < 4.78 is 10.4. The molecule has 0 atom stereocenters. The van der Waals surface area contributed by atoms with Crippen molar-refractivity contribution in [2.45, 2.75) is 13.3 Å². The third kappa shape index (κ3) is 4.81. The highest BCUT2D eigenvalue weighted by Crippen LogP contribution is 2.13. The second-order valence-electron chi connectivity index (χ2n) is 5.02. The molecule has 0 aliphatic rings. The van der Waals surface area contributed by atoms with Crippen LogP contribution in [0.25, 0.3) is 0 Å². The number of esters is 1. The molecule has 22 heavy (non-hydrogen) atoms. The van der Waals surface area contributed by atoms with Crippen molar-refractivity contribution in [3.8, 4) is 5.75 Å². The van der Waals surface area contributed by atoms with Crippen LogP contribution in [0.4, 0.5) is 5.69 Å². The quantitative estimate of drug-likeness (QED) is 0.626. The Kier molecular flexibility index (Phi) is 5.83. The van der Waals surface area contributed by atoms with Crippen molar-refractivity contribution >= 4 is 11.7 Å². The van der Waals surface area contributed by atoms with Gasteiger partial charge in [-0.05, 0) is 49.2 Å². The van der Waals surface area contributed by atoms with Crippen molar-refractivity contribution in [2.75, 3.05) is 25.6 Å². The minimum Gasteiger partial charge on any atom is -0.494 e. The summed E-state index contributed by atoms with van der Waals surface area (Å²) >= 11 is 0. The summed E-state index contributed by atoms with van der Waals surface area (Å²) in [6.45, 7) is 3.46. The number of aryl methyl sites for hydroxylation is 1. The molecule has 0 saturated carbocycles. The summed E-state index contributed by atoms with van der Waals surface area (Å²) in [7, 11) is 1.38. The molecule has 4 heteroatoms. The van der Waals surface area contributed by atoms with E-state index in [0.29, 0.717) is 12.2 Å². The zero-order valence-electron chi connectivity index (χ0n) is 13.0. The second-order valence-corrected chi connectivity index (χ2v) is 5.02. The zero-order chi connectivity index (χ0) is 15.8. The summed E-state index contributed by atoms with van der Waals surface area (Å²) in [5.74, 6) is 0.569. The SMILES string of the molecule is COC(=O)c1cccc(NCCCOc2cccc(C)c2)c1. The zero-order valence-corrected chi connectivity index (χ0v) is 13.0. The van der Waals surface area contributed by atoms with E-state index in [1.165, 1.54) is 12.7 Å². The van der Waals surface area contributed by atoms with Crippen LogP contribution >= 0.6 is 0 Å². The lowest BCUT2D eigenvalue weighted by Gasteiger charge is -2.09. The van der Waals surface area contributed by atoms with Gasteiger partial charge in [0.15, 0.2) is 0 Å². The summed E-state index contributed by atoms with van der Waals surface area (Å²) in [4.78, 5) is 11.5. The molecule has 0 saturated heterocycles. The Morgan fingerprint density at radius 1 is 1.14 bits per heavy atom. The van der Waals surface area contributed by atoms with Crippen molar-refractivity contribution in [2.24, 2.45) is 0 Å². The van der Waals surface area contributed by atoms with E-state index in [0.717, 1.165) is 24.4 Å². The molecule has 4 nitrogen and oxygen atoms in total. The van der Waals surface area contributed by atoms with Crippen LogP contribution < -0.4 is 10.1 Å². The van der Waals surface area contributed by atoms with Crippen LogP contribution in [0.15, 0.2) is 48.5 Å². The Labute approximate surface area is 131 Å². The number of ether oxygens (including phenoxy) is 2. The maximum Gasteiger partial charge on any atom is 0.337 e. The molecule has 0 fully saturated rings. The maximum absolute atomic E-state index is 11.5. The predicted octanol–water partition coefficient (Wildman–Crippen LogP) is 3.66. The Bertz CT molecular complexity index is 625. The number of carbonyl (C=O) groups excluding carboxylic acids is 1. The summed E-state index contributed by atoms with van der Waals surface area (Å²) in [5.41, 5.74) is 2.64. The third-order valence-corrected chi connectivity index (χ3v) is 3.19. The van der Waals surface area contributed by atoms with Crippen LogP contribution in [0.3, 0.4) is 0 Å². The molecule has 0 radical (unpaired) electrons. The molecule has 2 aromatic rings. The van der Waals surface area contributed by atoms with Crippen molar-refractivity contribution < 1.29 is 14.3 Å². The average molecular weight is 299 g/mol. The minimum atomic E-state index is -0.327. The predicted molar refractivity (Wildman–Crippen MR) is 87.6 cm³/mol. The highest BCUT2D eigenvalue weighted by Gasteiger charge is 2.05. The number of rotatable bonds is 7. The Morgan fingerprint density at radius 3 is 2.73 bits per heavy atom. The van der Waals surface area contributed by atoms with E-state index in [4.69, 9.17) is 9.47 Å². The number of nitrogens with one attached hydrogen (secondary N) is 1. The van der Waals surface area contributed by atoms with Gasteiger partial charge in [0.2, 0.25) is 0 Å². The van der Waals surface area contributed by atoms with Gasteiger partial charge in [0.25, 0.3) is 0 Å². The van der Waals surface area contributed by atoms with Crippen LogP contribution in [0.5, 0.6) is 5.75 Å². The number of anilines is 1. The third-order valence-electron chi connectivity index (χ3n) is 3.19. The monoisotopic (exact) mass is 299 g/mol. The lowest BCUT2D eigenvalue weighted by atomic mass is 10.2. The van der Waals surface area contributed by atoms with Gasteiger partial charge in [-0.15, -0.1) is 0 Å². The van der Waals surface area contributed by atoms with Gasteiger partial charge in [0.05, 0.1) is 19.3 Å². The van der Waals surface area contributed by atoms with Crippen LogP contribution in [-0.2, 0) is 4.74 Å².